The predicted molar refractivity (Wildman–Crippen MR) is 81.2 cm³/mol. The van der Waals surface area contributed by atoms with Crippen LogP contribution >= 0.6 is 0 Å². The molecule has 3 aliphatic heterocycles. The van der Waals surface area contributed by atoms with E-state index in [0.717, 1.165) is 58.7 Å². The minimum Gasteiger partial charge on any atom is -0.378 e. The summed E-state index contributed by atoms with van der Waals surface area (Å²) in [6.07, 6.45) is 1.91. The van der Waals surface area contributed by atoms with E-state index in [1.807, 2.05) is 0 Å². The van der Waals surface area contributed by atoms with Crippen LogP contribution in [0, 0.1) is 5.92 Å². The quantitative estimate of drug-likeness (QED) is 0.708. The van der Waals surface area contributed by atoms with Gasteiger partial charge in [0.05, 0.1) is 25.3 Å². The monoisotopic (exact) mass is 296 g/mol. The number of hydrogen-bond donors (Lipinski definition) is 2. The van der Waals surface area contributed by atoms with Crippen LogP contribution in [0.5, 0.6) is 0 Å². The van der Waals surface area contributed by atoms with Crippen LogP contribution in [0.2, 0.25) is 0 Å². The first kappa shape index (κ1) is 15.2. The van der Waals surface area contributed by atoms with Gasteiger partial charge in [-0.1, -0.05) is 0 Å². The molecule has 1 amide bonds. The molecule has 6 heteroatoms. The molecule has 2 atom stereocenters. The molecule has 0 aromatic carbocycles. The third-order valence-electron chi connectivity index (χ3n) is 5.09. The molecule has 0 aromatic heterocycles. The van der Waals surface area contributed by atoms with Crippen molar-refractivity contribution in [3.05, 3.63) is 0 Å². The summed E-state index contributed by atoms with van der Waals surface area (Å²) in [6.45, 7) is 7.68. The molecule has 3 heterocycles. The number of carbonyl (C=O) groups excluding carboxylic acids is 1. The van der Waals surface area contributed by atoms with Crippen molar-refractivity contribution < 1.29 is 9.53 Å². The van der Waals surface area contributed by atoms with E-state index in [4.69, 9.17) is 4.74 Å². The van der Waals surface area contributed by atoms with Crippen molar-refractivity contribution in [3.8, 4) is 0 Å². The third kappa shape index (κ3) is 3.74. The topological polar surface area (TPSA) is 56.8 Å². The van der Waals surface area contributed by atoms with E-state index in [0.29, 0.717) is 12.6 Å². The van der Waals surface area contributed by atoms with Crippen LogP contribution in [0.3, 0.4) is 0 Å². The van der Waals surface area contributed by atoms with Gasteiger partial charge in [0.25, 0.3) is 0 Å². The van der Waals surface area contributed by atoms with Gasteiger partial charge in [-0.3, -0.25) is 9.69 Å². The van der Waals surface area contributed by atoms with Gasteiger partial charge in [0, 0.05) is 32.1 Å². The van der Waals surface area contributed by atoms with Crippen LogP contribution in [0.15, 0.2) is 0 Å². The van der Waals surface area contributed by atoms with E-state index in [-0.39, 0.29) is 17.9 Å². The van der Waals surface area contributed by atoms with Gasteiger partial charge in [-0.25, -0.2) is 0 Å². The minimum absolute atomic E-state index is 0.163. The second-order valence-corrected chi connectivity index (χ2v) is 6.58. The Hall–Kier alpha value is -0.690. The molecule has 3 rings (SSSR count). The van der Waals surface area contributed by atoms with Gasteiger partial charge in [0.15, 0.2) is 0 Å². The van der Waals surface area contributed by atoms with Gasteiger partial charge in [0.2, 0.25) is 5.91 Å². The van der Waals surface area contributed by atoms with Gasteiger partial charge < -0.3 is 20.3 Å². The molecule has 21 heavy (non-hydrogen) atoms. The van der Waals surface area contributed by atoms with Gasteiger partial charge >= 0.3 is 0 Å². The normalized spacial score (nSPS) is 33.2. The zero-order chi connectivity index (χ0) is 14.7. The van der Waals surface area contributed by atoms with E-state index >= 15 is 0 Å². The summed E-state index contributed by atoms with van der Waals surface area (Å²) in [7, 11) is 2.17. The second kappa shape index (κ2) is 7.05. The molecule has 0 saturated carbocycles. The molecule has 0 spiro atoms. The molecule has 6 nitrogen and oxygen atoms in total. The fourth-order valence-electron chi connectivity index (χ4n) is 3.58. The highest BCUT2D eigenvalue weighted by Crippen LogP contribution is 2.18. The Morgan fingerprint density at radius 1 is 1.14 bits per heavy atom. The van der Waals surface area contributed by atoms with E-state index < -0.39 is 0 Å². The van der Waals surface area contributed by atoms with Gasteiger partial charge in [-0.15, -0.1) is 0 Å². The van der Waals surface area contributed by atoms with Crippen LogP contribution in [0.4, 0.5) is 0 Å². The first-order chi connectivity index (χ1) is 10.2. The molecule has 0 aromatic rings. The largest absolute Gasteiger partial charge is 0.378 e. The number of nitrogens with zero attached hydrogens (tertiary/aromatic N) is 2. The van der Waals surface area contributed by atoms with Crippen molar-refractivity contribution >= 4 is 5.91 Å². The van der Waals surface area contributed by atoms with Gasteiger partial charge in [-0.2, -0.15) is 0 Å². The van der Waals surface area contributed by atoms with Gasteiger partial charge in [0.1, 0.15) is 0 Å². The molecule has 3 saturated heterocycles. The van der Waals surface area contributed by atoms with Gasteiger partial charge in [-0.05, 0) is 33.0 Å². The molecule has 0 bridgehead atoms. The van der Waals surface area contributed by atoms with Crippen molar-refractivity contribution in [2.75, 3.05) is 59.5 Å². The average molecular weight is 296 g/mol. The Morgan fingerprint density at radius 2 is 1.86 bits per heavy atom. The Balaban J connectivity index is 1.52. The zero-order valence-corrected chi connectivity index (χ0v) is 13.0. The molecule has 3 fully saturated rings. The lowest BCUT2D eigenvalue weighted by atomic mass is 9.96. The number of carbonyl (C=O) groups is 1. The number of likely N-dealkylation sites (N-methyl/N-ethyl adjacent to an activating group) is 1. The van der Waals surface area contributed by atoms with Crippen LogP contribution in [0.1, 0.15) is 12.8 Å². The molecular weight excluding hydrogens is 268 g/mol. The predicted octanol–water partition coefficient (Wildman–Crippen LogP) is -0.883. The first-order valence-electron chi connectivity index (χ1n) is 8.25. The number of hydrogen-bond acceptors (Lipinski definition) is 5. The van der Waals surface area contributed by atoms with E-state index in [9.17, 15) is 4.79 Å². The SMILES string of the molecule is CN1CCN(C2COCC2NC(=O)C2CCNCC2)CC1. The highest BCUT2D eigenvalue weighted by atomic mass is 16.5. The van der Waals surface area contributed by atoms with Crippen LogP contribution < -0.4 is 10.6 Å². The van der Waals surface area contributed by atoms with E-state index in [2.05, 4.69) is 27.5 Å². The molecule has 120 valence electrons. The standard InChI is InChI=1S/C15H28N4O2/c1-18-6-8-19(9-7-18)14-11-21-10-13(14)17-15(20)12-2-4-16-5-3-12/h12-14,16H,2-11H2,1H3,(H,17,20). The summed E-state index contributed by atoms with van der Waals surface area (Å²) >= 11 is 0. The number of nitrogens with one attached hydrogen (secondary N) is 2. The summed E-state index contributed by atoms with van der Waals surface area (Å²) in [5.74, 6) is 0.408. The summed E-state index contributed by atoms with van der Waals surface area (Å²) < 4.78 is 5.66. The molecule has 3 aliphatic rings. The Kier molecular flexibility index (Phi) is 5.11. The van der Waals surface area contributed by atoms with E-state index in [1.165, 1.54) is 0 Å². The summed E-state index contributed by atoms with van der Waals surface area (Å²) in [5, 5.41) is 6.57. The van der Waals surface area contributed by atoms with Crippen LogP contribution in [-0.4, -0.2) is 87.3 Å². The maximum atomic E-state index is 12.4. The maximum Gasteiger partial charge on any atom is 0.223 e. The molecule has 2 N–H and O–H groups in total. The Morgan fingerprint density at radius 3 is 2.57 bits per heavy atom. The van der Waals surface area contributed by atoms with Crippen molar-refractivity contribution in [2.24, 2.45) is 5.92 Å². The van der Waals surface area contributed by atoms with Crippen molar-refractivity contribution in [1.29, 1.82) is 0 Å². The molecule has 0 aliphatic carbocycles. The number of piperazine rings is 1. The molecule has 2 unspecified atom stereocenters. The third-order valence-corrected chi connectivity index (χ3v) is 5.09. The fourth-order valence-corrected chi connectivity index (χ4v) is 3.58. The van der Waals surface area contributed by atoms with Crippen molar-refractivity contribution in [2.45, 2.75) is 24.9 Å². The zero-order valence-electron chi connectivity index (χ0n) is 13.0. The van der Waals surface area contributed by atoms with E-state index in [1.54, 1.807) is 0 Å². The number of rotatable bonds is 3. The fraction of sp³-hybridized carbons (Fsp3) is 0.933. The summed E-state index contributed by atoms with van der Waals surface area (Å²) in [5.41, 5.74) is 0. The number of ether oxygens (including phenoxy) is 1. The minimum atomic E-state index is 0.163. The summed E-state index contributed by atoms with van der Waals surface area (Å²) in [4.78, 5) is 17.3. The molecular formula is C15H28N4O2. The highest BCUT2D eigenvalue weighted by molar-refractivity contribution is 5.79. The van der Waals surface area contributed by atoms with Crippen molar-refractivity contribution in [3.63, 3.8) is 0 Å². The maximum absolute atomic E-state index is 12.4. The second-order valence-electron chi connectivity index (χ2n) is 6.58. The first-order valence-corrected chi connectivity index (χ1v) is 8.25. The molecule has 0 radical (unpaired) electrons. The van der Waals surface area contributed by atoms with Crippen LogP contribution in [0.25, 0.3) is 0 Å². The average Bonchev–Trinajstić information content (AvgIpc) is 2.97. The lowest BCUT2D eigenvalue weighted by Crippen LogP contribution is -2.57. The summed E-state index contributed by atoms with van der Waals surface area (Å²) in [6, 6.07) is 0.514. The number of piperidine rings is 1. The lowest BCUT2D eigenvalue weighted by Gasteiger charge is -2.38. The number of amides is 1. The Bertz CT molecular complexity index is 352. The lowest BCUT2D eigenvalue weighted by molar-refractivity contribution is -0.126. The Labute approximate surface area is 127 Å². The highest BCUT2D eigenvalue weighted by Gasteiger charge is 2.36. The smallest absolute Gasteiger partial charge is 0.223 e. The van der Waals surface area contributed by atoms with Crippen LogP contribution in [-0.2, 0) is 9.53 Å². The van der Waals surface area contributed by atoms with Crippen molar-refractivity contribution in [1.82, 2.24) is 20.4 Å².